The highest BCUT2D eigenvalue weighted by atomic mass is 16.3. The van der Waals surface area contributed by atoms with Gasteiger partial charge in [0.15, 0.2) is 0 Å². The summed E-state index contributed by atoms with van der Waals surface area (Å²) in [7, 11) is 2.14. The summed E-state index contributed by atoms with van der Waals surface area (Å²) >= 11 is 0. The third-order valence-corrected chi connectivity index (χ3v) is 4.21. The molecule has 1 fully saturated rings. The predicted molar refractivity (Wildman–Crippen MR) is 78.1 cm³/mol. The summed E-state index contributed by atoms with van der Waals surface area (Å²) in [5, 5.41) is 10.3. The van der Waals surface area contributed by atoms with E-state index in [0.717, 1.165) is 31.5 Å². The van der Waals surface area contributed by atoms with Crippen molar-refractivity contribution in [2.24, 2.45) is 0 Å². The second kappa shape index (κ2) is 7.61. The van der Waals surface area contributed by atoms with E-state index in [0.29, 0.717) is 6.04 Å². The van der Waals surface area contributed by atoms with Gasteiger partial charge in [-0.15, -0.1) is 0 Å². The molecule has 0 saturated heterocycles. The summed E-state index contributed by atoms with van der Waals surface area (Å²) in [6.07, 6.45) is 9.74. The average molecular weight is 262 g/mol. The van der Waals surface area contributed by atoms with E-state index in [4.69, 9.17) is 0 Å². The van der Waals surface area contributed by atoms with Gasteiger partial charge in [0, 0.05) is 30.9 Å². The van der Waals surface area contributed by atoms with E-state index in [2.05, 4.69) is 23.0 Å². The molecule has 1 aliphatic rings. The van der Waals surface area contributed by atoms with E-state index >= 15 is 0 Å². The van der Waals surface area contributed by atoms with Crippen molar-refractivity contribution in [1.82, 2.24) is 9.88 Å². The molecule has 0 aromatic carbocycles. The Hall–Kier alpha value is -0.930. The molecule has 1 aromatic heterocycles. The van der Waals surface area contributed by atoms with Gasteiger partial charge in [-0.2, -0.15) is 0 Å². The van der Waals surface area contributed by atoms with Gasteiger partial charge < -0.3 is 10.0 Å². The molecule has 0 amide bonds. The Morgan fingerprint density at radius 1 is 1.21 bits per heavy atom. The third-order valence-electron chi connectivity index (χ3n) is 4.21. The van der Waals surface area contributed by atoms with Crippen molar-refractivity contribution in [3.05, 3.63) is 30.1 Å². The van der Waals surface area contributed by atoms with Crippen LogP contribution < -0.4 is 0 Å². The molecule has 106 valence electrons. The monoisotopic (exact) mass is 262 g/mol. The number of aliphatic hydroxyl groups is 1. The van der Waals surface area contributed by atoms with Crippen LogP contribution in [0.3, 0.4) is 0 Å². The molecule has 0 bridgehead atoms. The Morgan fingerprint density at radius 2 is 2.00 bits per heavy atom. The Labute approximate surface area is 116 Å². The molecular formula is C16H26N2O. The number of likely N-dealkylation sites (N-methyl/N-ethyl adjacent to an activating group) is 1. The van der Waals surface area contributed by atoms with E-state index < -0.39 is 0 Å². The molecule has 2 rings (SSSR count). The number of hydrogen-bond acceptors (Lipinski definition) is 3. The summed E-state index contributed by atoms with van der Waals surface area (Å²) in [6, 6.07) is 6.38. The maximum Gasteiger partial charge on any atom is 0.0695 e. The highest BCUT2D eigenvalue weighted by molar-refractivity contribution is 5.03. The SMILES string of the molecule is CN(CCc1ccccn1)C1CCCCCCC1O. The average Bonchev–Trinajstić information content (AvgIpc) is 2.42. The number of pyridine rings is 1. The molecule has 0 radical (unpaired) electrons. The van der Waals surface area contributed by atoms with Crippen LogP contribution >= 0.6 is 0 Å². The molecule has 2 atom stereocenters. The quantitative estimate of drug-likeness (QED) is 0.906. The standard InChI is InChI=1S/C16H26N2O/c1-18(13-11-14-8-6-7-12-17-14)15-9-4-2-3-5-10-16(15)19/h6-8,12,15-16,19H,2-5,9-11,13H2,1H3. The fraction of sp³-hybridized carbons (Fsp3) is 0.688. The van der Waals surface area contributed by atoms with Crippen LogP contribution in [0.4, 0.5) is 0 Å². The van der Waals surface area contributed by atoms with Crippen LogP contribution in [0.5, 0.6) is 0 Å². The summed E-state index contributed by atoms with van der Waals surface area (Å²) in [5.41, 5.74) is 1.13. The first-order valence-corrected chi connectivity index (χ1v) is 7.55. The first kappa shape index (κ1) is 14.5. The molecule has 1 aromatic rings. The number of rotatable bonds is 4. The van der Waals surface area contributed by atoms with E-state index in [-0.39, 0.29) is 6.10 Å². The van der Waals surface area contributed by atoms with Crippen molar-refractivity contribution in [2.75, 3.05) is 13.6 Å². The van der Waals surface area contributed by atoms with Crippen molar-refractivity contribution in [1.29, 1.82) is 0 Å². The lowest BCUT2D eigenvalue weighted by Gasteiger charge is -2.33. The Bertz CT molecular complexity index is 355. The van der Waals surface area contributed by atoms with Crippen molar-refractivity contribution in [3.8, 4) is 0 Å². The lowest BCUT2D eigenvalue weighted by Crippen LogP contribution is -2.42. The van der Waals surface area contributed by atoms with E-state index in [1.165, 1.54) is 25.7 Å². The van der Waals surface area contributed by atoms with Gasteiger partial charge in [0.1, 0.15) is 0 Å². The molecule has 0 aliphatic heterocycles. The van der Waals surface area contributed by atoms with Crippen LogP contribution in [0.25, 0.3) is 0 Å². The molecule has 19 heavy (non-hydrogen) atoms. The van der Waals surface area contributed by atoms with Crippen LogP contribution in [0.2, 0.25) is 0 Å². The number of aromatic nitrogens is 1. The molecule has 1 saturated carbocycles. The van der Waals surface area contributed by atoms with Gasteiger partial charge in [-0.1, -0.05) is 31.7 Å². The maximum absolute atomic E-state index is 10.3. The van der Waals surface area contributed by atoms with Gasteiger partial charge in [0.2, 0.25) is 0 Å². The summed E-state index contributed by atoms with van der Waals surface area (Å²) in [6.45, 7) is 0.971. The zero-order valence-electron chi connectivity index (χ0n) is 12.0. The van der Waals surface area contributed by atoms with Crippen LogP contribution in [0.15, 0.2) is 24.4 Å². The third kappa shape index (κ3) is 4.59. The van der Waals surface area contributed by atoms with Crippen molar-refractivity contribution < 1.29 is 5.11 Å². The fourth-order valence-electron chi connectivity index (χ4n) is 2.96. The second-order valence-corrected chi connectivity index (χ2v) is 5.68. The minimum absolute atomic E-state index is 0.158. The molecule has 0 spiro atoms. The number of hydrogen-bond donors (Lipinski definition) is 1. The molecule has 1 heterocycles. The smallest absolute Gasteiger partial charge is 0.0695 e. The van der Waals surface area contributed by atoms with Gasteiger partial charge in [-0.25, -0.2) is 0 Å². The zero-order valence-corrected chi connectivity index (χ0v) is 12.0. The Kier molecular flexibility index (Phi) is 5.80. The predicted octanol–water partition coefficient (Wildman–Crippen LogP) is 2.64. The minimum atomic E-state index is -0.158. The Balaban J connectivity index is 1.84. The second-order valence-electron chi connectivity index (χ2n) is 5.68. The number of nitrogens with zero attached hydrogens (tertiary/aromatic N) is 2. The van der Waals surface area contributed by atoms with Gasteiger partial charge in [0.25, 0.3) is 0 Å². The summed E-state index contributed by atoms with van der Waals surface area (Å²) in [4.78, 5) is 6.68. The Morgan fingerprint density at radius 3 is 2.74 bits per heavy atom. The van der Waals surface area contributed by atoms with Crippen molar-refractivity contribution in [3.63, 3.8) is 0 Å². The van der Waals surface area contributed by atoms with Crippen LogP contribution in [0, 0.1) is 0 Å². The molecule has 3 heteroatoms. The largest absolute Gasteiger partial charge is 0.391 e. The fourth-order valence-corrected chi connectivity index (χ4v) is 2.96. The first-order chi connectivity index (χ1) is 9.27. The van der Waals surface area contributed by atoms with Crippen LogP contribution in [0.1, 0.15) is 44.2 Å². The highest BCUT2D eigenvalue weighted by Gasteiger charge is 2.24. The minimum Gasteiger partial charge on any atom is -0.391 e. The first-order valence-electron chi connectivity index (χ1n) is 7.55. The lowest BCUT2D eigenvalue weighted by molar-refractivity contribution is 0.0446. The highest BCUT2D eigenvalue weighted by Crippen LogP contribution is 2.21. The van der Waals surface area contributed by atoms with E-state index in [1.54, 1.807) is 0 Å². The van der Waals surface area contributed by atoms with Crippen molar-refractivity contribution >= 4 is 0 Å². The lowest BCUT2D eigenvalue weighted by atomic mass is 9.93. The topological polar surface area (TPSA) is 36.4 Å². The summed E-state index contributed by atoms with van der Waals surface area (Å²) < 4.78 is 0. The number of aliphatic hydroxyl groups excluding tert-OH is 1. The molecule has 1 N–H and O–H groups in total. The zero-order chi connectivity index (χ0) is 13.5. The molecule has 2 unspecified atom stereocenters. The van der Waals surface area contributed by atoms with Gasteiger partial charge >= 0.3 is 0 Å². The van der Waals surface area contributed by atoms with Gasteiger partial charge in [0.05, 0.1) is 6.10 Å². The van der Waals surface area contributed by atoms with Gasteiger partial charge in [-0.3, -0.25) is 4.98 Å². The maximum atomic E-state index is 10.3. The van der Waals surface area contributed by atoms with Crippen LogP contribution in [-0.4, -0.2) is 40.7 Å². The van der Waals surface area contributed by atoms with Crippen molar-refractivity contribution in [2.45, 2.75) is 57.1 Å². The molecular weight excluding hydrogens is 236 g/mol. The normalized spacial score (nSPS) is 25.0. The molecule has 1 aliphatic carbocycles. The summed E-state index contributed by atoms with van der Waals surface area (Å²) in [5.74, 6) is 0. The van der Waals surface area contributed by atoms with E-state index in [1.807, 2.05) is 18.3 Å². The van der Waals surface area contributed by atoms with Crippen LogP contribution in [-0.2, 0) is 6.42 Å². The van der Waals surface area contributed by atoms with E-state index in [9.17, 15) is 5.11 Å². The molecule has 3 nitrogen and oxygen atoms in total. The van der Waals surface area contributed by atoms with Gasteiger partial charge in [-0.05, 0) is 32.0 Å².